The van der Waals surface area contributed by atoms with Crippen molar-refractivity contribution in [2.24, 2.45) is 11.0 Å². The summed E-state index contributed by atoms with van der Waals surface area (Å²) < 4.78 is 0. The molecule has 0 saturated heterocycles. The maximum absolute atomic E-state index is 12.0. The molecule has 0 aliphatic heterocycles. The van der Waals surface area contributed by atoms with Gasteiger partial charge in [0.15, 0.2) is 0 Å². The van der Waals surface area contributed by atoms with Crippen LogP contribution in [0.3, 0.4) is 0 Å². The first-order chi connectivity index (χ1) is 11.9. The number of aromatic hydroxyl groups is 2. The first-order valence-electron chi connectivity index (χ1n) is 7.63. The smallest absolute Gasteiger partial charge is 0.271 e. The minimum atomic E-state index is -0.434. The lowest BCUT2D eigenvalue weighted by Crippen LogP contribution is -2.19. The molecular formula is C18H19N3O4. The highest BCUT2D eigenvalue weighted by Crippen LogP contribution is 2.20. The molecule has 0 unspecified atom stereocenters. The molecule has 2 aromatic rings. The van der Waals surface area contributed by atoms with Crippen molar-refractivity contribution in [3.63, 3.8) is 0 Å². The van der Waals surface area contributed by atoms with Crippen molar-refractivity contribution >= 4 is 23.7 Å². The highest BCUT2D eigenvalue weighted by atomic mass is 16.3. The van der Waals surface area contributed by atoms with Gasteiger partial charge in [-0.05, 0) is 36.4 Å². The molecule has 0 aliphatic rings. The molecule has 2 rings (SSSR count). The zero-order valence-corrected chi connectivity index (χ0v) is 13.9. The second-order valence-corrected chi connectivity index (χ2v) is 5.66. The van der Waals surface area contributed by atoms with E-state index in [4.69, 9.17) is 0 Å². The zero-order chi connectivity index (χ0) is 18.4. The van der Waals surface area contributed by atoms with Gasteiger partial charge < -0.3 is 15.5 Å². The fourth-order valence-corrected chi connectivity index (χ4v) is 1.86. The zero-order valence-electron chi connectivity index (χ0n) is 13.9. The fraction of sp³-hybridized carbons (Fsp3) is 0.167. The van der Waals surface area contributed by atoms with Crippen molar-refractivity contribution in [2.45, 2.75) is 13.8 Å². The molecule has 0 aromatic heterocycles. The van der Waals surface area contributed by atoms with E-state index >= 15 is 0 Å². The molecular weight excluding hydrogens is 322 g/mol. The Balaban J connectivity index is 1.96. The number of benzene rings is 2. The van der Waals surface area contributed by atoms with Crippen LogP contribution < -0.4 is 10.7 Å². The number of rotatable bonds is 5. The van der Waals surface area contributed by atoms with Crippen LogP contribution in [-0.2, 0) is 4.79 Å². The van der Waals surface area contributed by atoms with Crippen LogP contribution in [-0.4, -0.2) is 28.2 Å². The number of nitrogens with zero attached hydrogens (tertiary/aromatic N) is 1. The molecule has 0 aliphatic carbocycles. The summed E-state index contributed by atoms with van der Waals surface area (Å²) in [6.07, 6.45) is 1.27. The fourth-order valence-electron chi connectivity index (χ4n) is 1.86. The van der Waals surface area contributed by atoms with Gasteiger partial charge in [-0.2, -0.15) is 5.10 Å². The number of anilines is 1. The Morgan fingerprint density at radius 2 is 1.76 bits per heavy atom. The third kappa shape index (κ3) is 5.07. The monoisotopic (exact) mass is 341 g/mol. The van der Waals surface area contributed by atoms with Gasteiger partial charge in [0, 0.05) is 28.8 Å². The van der Waals surface area contributed by atoms with Gasteiger partial charge in [-0.1, -0.05) is 13.8 Å². The third-order valence-electron chi connectivity index (χ3n) is 3.32. The lowest BCUT2D eigenvalue weighted by atomic mass is 10.1. The Morgan fingerprint density at radius 3 is 2.36 bits per heavy atom. The van der Waals surface area contributed by atoms with Crippen LogP contribution in [0.5, 0.6) is 11.5 Å². The Bertz CT molecular complexity index is 798. The predicted octanol–water partition coefficient (Wildman–Crippen LogP) is 2.46. The van der Waals surface area contributed by atoms with Crippen LogP contribution in [0, 0.1) is 5.92 Å². The first kappa shape index (κ1) is 18.0. The molecule has 25 heavy (non-hydrogen) atoms. The van der Waals surface area contributed by atoms with E-state index in [1.54, 1.807) is 38.1 Å². The van der Waals surface area contributed by atoms with Crippen LogP contribution in [0.25, 0.3) is 0 Å². The van der Waals surface area contributed by atoms with Crippen LogP contribution in [0.2, 0.25) is 0 Å². The molecule has 0 saturated carbocycles. The standard InChI is InChI=1S/C18H19N3O4/c1-11(2)17(24)20-14-6-3-12(4-7-14)18(25)21-19-10-13-5-8-15(22)9-16(13)23/h3-11,22-23H,1-2H3,(H,20,24)(H,21,25). The average Bonchev–Trinajstić information content (AvgIpc) is 2.57. The van der Waals surface area contributed by atoms with Crippen LogP contribution in [0.4, 0.5) is 5.69 Å². The maximum atomic E-state index is 12.0. The number of hydrazone groups is 1. The Hall–Kier alpha value is -3.35. The van der Waals surface area contributed by atoms with E-state index in [1.807, 2.05) is 0 Å². The number of phenols is 2. The number of nitrogens with one attached hydrogen (secondary N) is 2. The van der Waals surface area contributed by atoms with Gasteiger partial charge >= 0.3 is 0 Å². The summed E-state index contributed by atoms with van der Waals surface area (Å²) in [4.78, 5) is 23.6. The van der Waals surface area contributed by atoms with Gasteiger partial charge in [0.2, 0.25) is 5.91 Å². The Kier molecular flexibility index (Phi) is 5.73. The number of hydrogen-bond donors (Lipinski definition) is 4. The van der Waals surface area contributed by atoms with E-state index in [1.165, 1.54) is 24.4 Å². The van der Waals surface area contributed by atoms with Gasteiger partial charge in [-0.15, -0.1) is 0 Å². The van der Waals surface area contributed by atoms with Gasteiger partial charge in [0.25, 0.3) is 5.91 Å². The summed E-state index contributed by atoms with van der Waals surface area (Å²) in [6.45, 7) is 3.59. The van der Waals surface area contributed by atoms with E-state index in [-0.39, 0.29) is 23.3 Å². The van der Waals surface area contributed by atoms with E-state index in [0.29, 0.717) is 16.8 Å². The predicted molar refractivity (Wildman–Crippen MR) is 94.7 cm³/mol. The lowest BCUT2D eigenvalue weighted by molar-refractivity contribution is -0.118. The largest absolute Gasteiger partial charge is 0.508 e. The molecule has 0 radical (unpaired) electrons. The average molecular weight is 341 g/mol. The Morgan fingerprint density at radius 1 is 1.08 bits per heavy atom. The summed E-state index contributed by atoms with van der Waals surface area (Å²) in [5.74, 6) is -0.882. The first-order valence-corrected chi connectivity index (χ1v) is 7.63. The minimum Gasteiger partial charge on any atom is -0.508 e. The highest BCUT2D eigenvalue weighted by Gasteiger charge is 2.08. The number of carbonyl (C=O) groups is 2. The van der Waals surface area contributed by atoms with Gasteiger partial charge in [0.05, 0.1) is 6.21 Å². The SMILES string of the molecule is CC(C)C(=O)Nc1ccc(C(=O)NN=Cc2ccc(O)cc2O)cc1. The molecule has 4 N–H and O–H groups in total. The van der Waals surface area contributed by atoms with Crippen molar-refractivity contribution in [1.82, 2.24) is 5.43 Å². The van der Waals surface area contributed by atoms with E-state index in [0.717, 1.165) is 0 Å². The molecule has 2 amide bonds. The van der Waals surface area contributed by atoms with E-state index < -0.39 is 5.91 Å². The molecule has 7 heteroatoms. The maximum Gasteiger partial charge on any atom is 0.271 e. The third-order valence-corrected chi connectivity index (χ3v) is 3.32. The van der Waals surface area contributed by atoms with E-state index in [9.17, 15) is 19.8 Å². The van der Waals surface area contributed by atoms with Gasteiger partial charge in [-0.25, -0.2) is 5.43 Å². The molecule has 0 heterocycles. The normalized spacial score (nSPS) is 10.8. The van der Waals surface area contributed by atoms with Gasteiger partial charge in [-0.3, -0.25) is 9.59 Å². The second kappa shape index (κ2) is 7.96. The highest BCUT2D eigenvalue weighted by molar-refractivity contribution is 5.96. The minimum absolute atomic E-state index is 0.0664. The quantitative estimate of drug-likeness (QED) is 0.494. The molecule has 130 valence electrons. The summed E-state index contributed by atoms with van der Waals surface area (Å²) in [5, 5.41) is 25.3. The summed E-state index contributed by atoms with van der Waals surface area (Å²) in [5.41, 5.74) is 3.66. The topological polar surface area (TPSA) is 111 Å². The van der Waals surface area contributed by atoms with Crippen molar-refractivity contribution in [3.05, 3.63) is 53.6 Å². The number of amides is 2. The molecule has 0 fully saturated rings. The second-order valence-electron chi connectivity index (χ2n) is 5.66. The van der Waals surface area contributed by atoms with Gasteiger partial charge in [0.1, 0.15) is 11.5 Å². The lowest BCUT2D eigenvalue weighted by Gasteiger charge is -2.08. The molecule has 0 bridgehead atoms. The van der Waals surface area contributed by atoms with Crippen LogP contribution in [0.1, 0.15) is 29.8 Å². The van der Waals surface area contributed by atoms with E-state index in [2.05, 4.69) is 15.8 Å². The molecule has 7 nitrogen and oxygen atoms in total. The molecule has 0 atom stereocenters. The molecule has 0 spiro atoms. The number of hydrogen-bond acceptors (Lipinski definition) is 5. The number of carbonyl (C=O) groups excluding carboxylic acids is 2. The summed E-state index contributed by atoms with van der Waals surface area (Å²) >= 11 is 0. The summed E-state index contributed by atoms with van der Waals surface area (Å²) in [6, 6.07) is 10.4. The summed E-state index contributed by atoms with van der Waals surface area (Å²) in [7, 11) is 0. The van der Waals surface area contributed by atoms with Crippen molar-refractivity contribution < 1.29 is 19.8 Å². The van der Waals surface area contributed by atoms with Crippen LogP contribution in [0.15, 0.2) is 47.6 Å². The molecule has 2 aromatic carbocycles. The van der Waals surface area contributed by atoms with Crippen molar-refractivity contribution in [1.29, 1.82) is 0 Å². The van der Waals surface area contributed by atoms with Crippen LogP contribution >= 0.6 is 0 Å². The van der Waals surface area contributed by atoms with Crippen molar-refractivity contribution in [2.75, 3.05) is 5.32 Å². The van der Waals surface area contributed by atoms with Crippen molar-refractivity contribution in [3.8, 4) is 11.5 Å². The number of phenolic OH excluding ortho intramolecular Hbond substituents is 2. The Labute approximate surface area is 145 Å².